The average molecular weight is 244 g/mol. The summed E-state index contributed by atoms with van der Waals surface area (Å²) >= 11 is 0. The number of imidazole rings is 1. The van der Waals surface area contributed by atoms with Crippen LogP contribution in [0.25, 0.3) is 11.0 Å². The van der Waals surface area contributed by atoms with Gasteiger partial charge in [-0.3, -0.25) is 0 Å². The van der Waals surface area contributed by atoms with Gasteiger partial charge in [-0.2, -0.15) is 0 Å². The second-order valence-electron chi connectivity index (χ2n) is 5.57. The molecule has 1 heterocycles. The van der Waals surface area contributed by atoms with Crippen LogP contribution >= 0.6 is 0 Å². The molecular formula is C15H20N2O. The number of aromatic nitrogens is 2. The Morgan fingerprint density at radius 3 is 2.89 bits per heavy atom. The number of aliphatic hydroxyl groups excluding tert-OH is 1. The molecule has 1 aliphatic carbocycles. The number of fused-ring (bicyclic) bond motifs is 1. The first-order valence-electron chi connectivity index (χ1n) is 6.78. The van der Waals surface area contributed by atoms with Crippen molar-refractivity contribution >= 4 is 11.0 Å². The molecule has 0 saturated heterocycles. The van der Waals surface area contributed by atoms with Crippen LogP contribution in [-0.4, -0.2) is 20.8 Å². The lowest BCUT2D eigenvalue weighted by molar-refractivity contribution is 0.0586. The summed E-state index contributed by atoms with van der Waals surface area (Å²) in [7, 11) is 0. The van der Waals surface area contributed by atoms with Crippen LogP contribution in [0.2, 0.25) is 0 Å². The number of aryl methyl sites for hydroxylation is 1. The standard InChI is InChI=1S/C15H20N2O/c1-10-7-8-15(18)14(9-10)17-11(2)16-12-5-3-4-6-13(12)17/h3-6,10,14-15,18H,7-9H2,1-2H3. The first kappa shape index (κ1) is 11.7. The molecule has 0 bridgehead atoms. The maximum atomic E-state index is 10.3. The molecule has 0 radical (unpaired) electrons. The van der Waals surface area contributed by atoms with Crippen molar-refractivity contribution in [1.82, 2.24) is 9.55 Å². The van der Waals surface area contributed by atoms with Crippen LogP contribution < -0.4 is 0 Å². The molecule has 1 fully saturated rings. The minimum absolute atomic E-state index is 0.182. The molecule has 3 unspecified atom stereocenters. The number of para-hydroxylation sites is 2. The summed E-state index contributed by atoms with van der Waals surface area (Å²) in [5.74, 6) is 1.69. The van der Waals surface area contributed by atoms with Crippen LogP contribution in [-0.2, 0) is 0 Å². The van der Waals surface area contributed by atoms with E-state index in [1.165, 1.54) is 0 Å². The SMILES string of the molecule is Cc1nc2ccccc2n1C1CC(C)CCC1O. The monoisotopic (exact) mass is 244 g/mol. The Morgan fingerprint density at radius 2 is 2.06 bits per heavy atom. The summed E-state index contributed by atoms with van der Waals surface area (Å²) in [6.45, 7) is 4.30. The molecule has 1 aromatic heterocycles. The van der Waals surface area contributed by atoms with Crippen LogP contribution in [0.5, 0.6) is 0 Å². The van der Waals surface area contributed by atoms with Gasteiger partial charge in [-0.05, 0) is 44.2 Å². The van der Waals surface area contributed by atoms with E-state index in [1.807, 2.05) is 25.1 Å². The third-order valence-corrected chi connectivity index (χ3v) is 4.15. The van der Waals surface area contributed by atoms with Gasteiger partial charge in [0.1, 0.15) is 5.82 Å². The second kappa shape index (κ2) is 4.39. The number of hydrogen-bond donors (Lipinski definition) is 1. The molecule has 0 spiro atoms. The number of aliphatic hydroxyl groups is 1. The zero-order valence-electron chi connectivity index (χ0n) is 11.0. The maximum Gasteiger partial charge on any atom is 0.107 e. The van der Waals surface area contributed by atoms with Crippen LogP contribution in [0.4, 0.5) is 0 Å². The predicted molar refractivity (Wildman–Crippen MR) is 72.5 cm³/mol. The molecule has 3 rings (SSSR count). The normalized spacial score (nSPS) is 28.7. The minimum atomic E-state index is -0.238. The summed E-state index contributed by atoms with van der Waals surface area (Å²) in [5.41, 5.74) is 2.17. The number of nitrogens with zero attached hydrogens (tertiary/aromatic N) is 2. The Hall–Kier alpha value is -1.35. The van der Waals surface area contributed by atoms with Gasteiger partial charge < -0.3 is 9.67 Å². The molecule has 18 heavy (non-hydrogen) atoms. The van der Waals surface area contributed by atoms with E-state index >= 15 is 0 Å². The third kappa shape index (κ3) is 1.83. The molecule has 1 aliphatic rings. The molecule has 2 aromatic rings. The lowest BCUT2D eigenvalue weighted by Crippen LogP contribution is -2.31. The Labute approximate surface area is 107 Å². The van der Waals surface area contributed by atoms with Crippen molar-refractivity contribution < 1.29 is 5.11 Å². The Morgan fingerprint density at radius 1 is 1.28 bits per heavy atom. The van der Waals surface area contributed by atoms with Gasteiger partial charge in [-0.25, -0.2) is 4.98 Å². The molecule has 3 nitrogen and oxygen atoms in total. The zero-order valence-corrected chi connectivity index (χ0v) is 11.0. The molecular weight excluding hydrogens is 224 g/mol. The highest BCUT2D eigenvalue weighted by atomic mass is 16.3. The maximum absolute atomic E-state index is 10.3. The number of benzene rings is 1. The summed E-state index contributed by atoms with van der Waals surface area (Å²) in [5, 5.41) is 10.3. The zero-order chi connectivity index (χ0) is 12.7. The lowest BCUT2D eigenvalue weighted by atomic mass is 9.84. The van der Waals surface area contributed by atoms with E-state index in [9.17, 15) is 5.11 Å². The largest absolute Gasteiger partial charge is 0.391 e. The van der Waals surface area contributed by atoms with Crippen LogP contribution in [0, 0.1) is 12.8 Å². The Bertz CT molecular complexity index is 561. The lowest BCUT2D eigenvalue weighted by Gasteiger charge is -2.33. The fourth-order valence-electron chi connectivity index (χ4n) is 3.20. The molecule has 3 heteroatoms. The van der Waals surface area contributed by atoms with Crippen molar-refractivity contribution in [3.05, 3.63) is 30.1 Å². The van der Waals surface area contributed by atoms with Gasteiger partial charge in [0.15, 0.2) is 0 Å². The Kier molecular flexibility index (Phi) is 2.86. The number of hydrogen-bond acceptors (Lipinski definition) is 2. The highest BCUT2D eigenvalue weighted by molar-refractivity contribution is 5.76. The first-order valence-corrected chi connectivity index (χ1v) is 6.78. The van der Waals surface area contributed by atoms with Gasteiger partial charge in [0.25, 0.3) is 0 Å². The fraction of sp³-hybridized carbons (Fsp3) is 0.533. The number of rotatable bonds is 1. The van der Waals surface area contributed by atoms with E-state index in [-0.39, 0.29) is 12.1 Å². The predicted octanol–water partition coefficient (Wildman–Crippen LogP) is 3.07. The van der Waals surface area contributed by atoms with Crippen LogP contribution in [0.1, 0.15) is 38.1 Å². The van der Waals surface area contributed by atoms with Crippen LogP contribution in [0.15, 0.2) is 24.3 Å². The van der Waals surface area contributed by atoms with Gasteiger partial charge in [-0.1, -0.05) is 19.1 Å². The van der Waals surface area contributed by atoms with E-state index in [1.54, 1.807) is 0 Å². The van der Waals surface area contributed by atoms with Gasteiger partial charge in [-0.15, -0.1) is 0 Å². The van der Waals surface area contributed by atoms with Crippen molar-refractivity contribution in [2.45, 2.75) is 45.3 Å². The summed E-state index contributed by atoms with van der Waals surface area (Å²) in [6, 6.07) is 8.37. The molecule has 1 N–H and O–H groups in total. The molecule has 3 atom stereocenters. The van der Waals surface area contributed by atoms with Gasteiger partial charge in [0, 0.05) is 0 Å². The topological polar surface area (TPSA) is 38.0 Å². The van der Waals surface area contributed by atoms with Gasteiger partial charge in [0.05, 0.1) is 23.2 Å². The van der Waals surface area contributed by atoms with E-state index < -0.39 is 0 Å². The summed E-state index contributed by atoms with van der Waals surface area (Å²) in [4.78, 5) is 4.60. The third-order valence-electron chi connectivity index (χ3n) is 4.15. The highest BCUT2D eigenvalue weighted by Crippen LogP contribution is 2.35. The van der Waals surface area contributed by atoms with E-state index in [2.05, 4.69) is 22.5 Å². The van der Waals surface area contributed by atoms with E-state index in [0.717, 1.165) is 36.1 Å². The molecule has 1 aromatic carbocycles. The van der Waals surface area contributed by atoms with E-state index in [4.69, 9.17) is 0 Å². The molecule has 1 saturated carbocycles. The van der Waals surface area contributed by atoms with Crippen LogP contribution in [0.3, 0.4) is 0 Å². The average Bonchev–Trinajstić information content (AvgIpc) is 2.68. The van der Waals surface area contributed by atoms with Crippen molar-refractivity contribution in [2.75, 3.05) is 0 Å². The smallest absolute Gasteiger partial charge is 0.107 e. The van der Waals surface area contributed by atoms with Crippen molar-refractivity contribution in [3.8, 4) is 0 Å². The highest BCUT2D eigenvalue weighted by Gasteiger charge is 2.30. The molecule has 0 amide bonds. The quantitative estimate of drug-likeness (QED) is 0.837. The summed E-state index contributed by atoms with van der Waals surface area (Å²) in [6.07, 6.45) is 2.83. The van der Waals surface area contributed by atoms with Crippen molar-refractivity contribution in [2.24, 2.45) is 5.92 Å². The minimum Gasteiger partial charge on any atom is -0.391 e. The first-order chi connectivity index (χ1) is 8.66. The van der Waals surface area contributed by atoms with E-state index in [0.29, 0.717) is 5.92 Å². The molecule has 96 valence electrons. The molecule has 0 aliphatic heterocycles. The Balaban J connectivity index is 2.10. The van der Waals surface area contributed by atoms with Gasteiger partial charge in [0.2, 0.25) is 0 Å². The summed E-state index contributed by atoms with van der Waals surface area (Å²) < 4.78 is 2.23. The van der Waals surface area contributed by atoms with Gasteiger partial charge >= 0.3 is 0 Å². The van der Waals surface area contributed by atoms with Crippen molar-refractivity contribution in [1.29, 1.82) is 0 Å². The van der Waals surface area contributed by atoms with Crippen molar-refractivity contribution in [3.63, 3.8) is 0 Å². The fourth-order valence-corrected chi connectivity index (χ4v) is 3.20. The second-order valence-corrected chi connectivity index (χ2v) is 5.57.